The first kappa shape index (κ1) is 11.4. The van der Waals surface area contributed by atoms with Crippen LogP contribution < -0.4 is 0 Å². The van der Waals surface area contributed by atoms with Crippen molar-refractivity contribution in [3.63, 3.8) is 0 Å². The Bertz CT molecular complexity index is 457. The van der Waals surface area contributed by atoms with Crippen molar-refractivity contribution in [1.82, 2.24) is 0 Å². The molecule has 82 valence electrons. The number of hydrogen-bond donors (Lipinski definition) is 0. The van der Waals surface area contributed by atoms with Crippen LogP contribution in [-0.2, 0) is 6.42 Å². The Balaban J connectivity index is 2.06. The van der Waals surface area contributed by atoms with E-state index in [2.05, 4.69) is 12.1 Å². The van der Waals surface area contributed by atoms with E-state index in [1.54, 1.807) is 11.8 Å². The van der Waals surface area contributed by atoms with Crippen LogP contribution in [0.3, 0.4) is 0 Å². The molecule has 0 bridgehead atoms. The molecule has 1 nitrogen and oxygen atoms in total. The van der Waals surface area contributed by atoms with Crippen LogP contribution in [0.15, 0.2) is 46.7 Å². The van der Waals surface area contributed by atoms with Crippen LogP contribution >= 0.6 is 23.1 Å². The largest absolute Gasteiger partial charge is 0.293 e. The zero-order chi connectivity index (χ0) is 11.4. The van der Waals surface area contributed by atoms with Crippen LogP contribution in [0, 0.1) is 0 Å². The minimum Gasteiger partial charge on any atom is -0.293 e. The van der Waals surface area contributed by atoms with Crippen molar-refractivity contribution in [2.24, 2.45) is 0 Å². The predicted molar refractivity (Wildman–Crippen MR) is 70.6 cm³/mol. The third kappa shape index (κ3) is 2.74. The first-order valence-corrected chi connectivity index (χ1v) is 7.09. The van der Waals surface area contributed by atoms with Crippen LogP contribution in [-0.4, -0.2) is 12.0 Å². The lowest BCUT2D eigenvalue weighted by Crippen LogP contribution is -2.00. The Labute approximate surface area is 104 Å². The van der Waals surface area contributed by atoms with Gasteiger partial charge in [-0.1, -0.05) is 18.2 Å². The number of benzene rings is 1. The van der Waals surface area contributed by atoms with Gasteiger partial charge in [-0.3, -0.25) is 4.79 Å². The number of hydrogen-bond acceptors (Lipinski definition) is 3. The van der Waals surface area contributed by atoms with Crippen molar-refractivity contribution in [2.75, 3.05) is 6.26 Å². The molecule has 0 saturated carbocycles. The third-order valence-corrected chi connectivity index (χ3v) is 3.97. The minimum atomic E-state index is 0.201. The summed E-state index contributed by atoms with van der Waals surface area (Å²) in [5, 5.41) is 1.93. The van der Waals surface area contributed by atoms with E-state index in [0.717, 1.165) is 10.4 Å². The molecule has 0 unspecified atom stereocenters. The average molecular weight is 248 g/mol. The van der Waals surface area contributed by atoms with Crippen LogP contribution in [0.4, 0.5) is 0 Å². The van der Waals surface area contributed by atoms with E-state index in [1.165, 1.54) is 16.2 Å². The lowest BCUT2D eigenvalue weighted by molar-refractivity contribution is 0.0997. The standard InChI is InChI=1S/C13H12OS2/c1-15-11-6-4-10(5-7-11)9-12(14)13-3-2-8-16-13/h2-8H,9H2,1H3. The van der Waals surface area contributed by atoms with Crippen LogP contribution in [0.25, 0.3) is 0 Å². The molecule has 3 heteroatoms. The second kappa shape index (κ2) is 5.32. The zero-order valence-corrected chi connectivity index (χ0v) is 10.6. The molecule has 1 heterocycles. The van der Waals surface area contributed by atoms with E-state index < -0.39 is 0 Å². The summed E-state index contributed by atoms with van der Waals surface area (Å²) in [4.78, 5) is 13.9. The topological polar surface area (TPSA) is 17.1 Å². The molecule has 0 amide bonds. The molecule has 0 aliphatic carbocycles. The van der Waals surface area contributed by atoms with E-state index in [4.69, 9.17) is 0 Å². The minimum absolute atomic E-state index is 0.201. The molecule has 0 fully saturated rings. The number of rotatable bonds is 4. The van der Waals surface area contributed by atoms with E-state index >= 15 is 0 Å². The summed E-state index contributed by atoms with van der Waals surface area (Å²) >= 11 is 3.22. The quantitative estimate of drug-likeness (QED) is 0.603. The summed E-state index contributed by atoms with van der Waals surface area (Å²) in [5.41, 5.74) is 1.08. The van der Waals surface area contributed by atoms with Crippen LogP contribution in [0.2, 0.25) is 0 Å². The third-order valence-electron chi connectivity index (χ3n) is 2.32. The Morgan fingerprint density at radius 3 is 2.56 bits per heavy atom. The molecule has 0 atom stereocenters. The molecule has 1 aromatic heterocycles. The molecule has 0 N–H and O–H groups in total. The van der Waals surface area contributed by atoms with Crippen molar-refractivity contribution >= 4 is 28.9 Å². The van der Waals surface area contributed by atoms with E-state index in [-0.39, 0.29) is 5.78 Å². The summed E-state index contributed by atoms with van der Waals surface area (Å²) in [6.07, 6.45) is 2.54. The molecule has 1 aromatic carbocycles. The number of ketones is 1. The van der Waals surface area contributed by atoms with Gasteiger partial charge < -0.3 is 0 Å². The zero-order valence-electron chi connectivity index (χ0n) is 8.97. The first-order valence-electron chi connectivity index (χ1n) is 4.99. The fourth-order valence-corrected chi connectivity index (χ4v) is 2.53. The molecule has 0 radical (unpaired) electrons. The predicted octanol–water partition coefficient (Wildman–Crippen LogP) is 3.90. The summed E-state index contributed by atoms with van der Waals surface area (Å²) in [7, 11) is 0. The van der Waals surface area contributed by atoms with Gasteiger partial charge in [-0.2, -0.15) is 0 Å². The second-order valence-corrected chi connectivity index (χ2v) is 5.25. The van der Waals surface area contributed by atoms with E-state index in [0.29, 0.717) is 6.42 Å². The number of thioether (sulfide) groups is 1. The van der Waals surface area contributed by atoms with Gasteiger partial charge in [0.15, 0.2) is 5.78 Å². The number of carbonyl (C=O) groups is 1. The van der Waals surface area contributed by atoms with Crippen molar-refractivity contribution in [1.29, 1.82) is 0 Å². The maximum absolute atomic E-state index is 11.8. The maximum atomic E-state index is 11.8. The Morgan fingerprint density at radius 2 is 2.00 bits per heavy atom. The van der Waals surface area contributed by atoms with Gasteiger partial charge in [-0.25, -0.2) is 0 Å². The van der Waals surface area contributed by atoms with E-state index in [1.807, 2.05) is 35.9 Å². The molecular weight excluding hydrogens is 236 g/mol. The molecular formula is C13H12OS2. The summed E-state index contributed by atoms with van der Waals surface area (Å²) < 4.78 is 0. The first-order chi connectivity index (χ1) is 7.79. The van der Waals surface area contributed by atoms with Gasteiger partial charge in [0.05, 0.1) is 4.88 Å². The Morgan fingerprint density at radius 1 is 1.25 bits per heavy atom. The normalized spacial score (nSPS) is 10.3. The fourth-order valence-electron chi connectivity index (χ4n) is 1.45. The van der Waals surface area contributed by atoms with Crippen molar-refractivity contribution in [3.8, 4) is 0 Å². The van der Waals surface area contributed by atoms with Gasteiger partial charge >= 0.3 is 0 Å². The molecule has 0 aliphatic heterocycles. The highest BCUT2D eigenvalue weighted by molar-refractivity contribution is 7.98. The van der Waals surface area contributed by atoms with Crippen LogP contribution in [0.5, 0.6) is 0 Å². The van der Waals surface area contributed by atoms with Crippen LogP contribution in [0.1, 0.15) is 15.2 Å². The molecule has 16 heavy (non-hydrogen) atoms. The molecule has 2 aromatic rings. The SMILES string of the molecule is CSc1ccc(CC(=O)c2cccs2)cc1. The van der Waals surface area contributed by atoms with Gasteiger partial charge in [-0.15, -0.1) is 23.1 Å². The van der Waals surface area contributed by atoms with Crippen molar-refractivity contribution in [2.45, 2.75) is 11.3 Å². The highest BCUT2D eigenvalue weighted by Gasteiger charge is 2.07. The molecule has 0 saturated heterocycles. The lowest BCUT2D eigenvalue weighted by atomic mass is 10.1. The number of thiophene rings is 1. The second-order valence-electron chi connectivity index (χ2n) is 3.43. The van der Waals surface area contributed by atoms with Gasteiger partial charge in [0, 0.05) is 11.3 Å². The van der Waals surface area contributed by atoms with E-state index in [9.17, 15) is 4.79 Å². The highest BCUT2D eigenvalue weighted by Crippen LogP contribution is 2.17. The Kier molecular flexibility index (Phi) is 3.80. The Hall–Kier alpha value is -1.06. The van der Waals surface area contributed by atoms with Crippen molar-refractivity contribution < 1.29 is 4.79 Å². The van der Waals surface area contributed by atoms with Gasteiger partial charge in [0.1, 0.15) is 0 Å². The number of Topliss-reactive ketones (excluding diaryl/α,β-unsaturated/α-hetero) is 1. The monoisotopic (exact) mass is 248 g/mol. The lowest BCUT2D eigenvalue weighted by Gasteiger charge is -2.00. The molecule has 0 aliphatic rings. The fraction of sp³-hybridized carbons (Fsp3) is 0.154. The van der Waals surface area contributed by atoms with Gasteiger partial charge in [0.2, 0.25) is 0 Å². The highest BCUT2D eigenvalue weighted by atomic mass is 32.2. The van der Waals surface area contributed by atoms with Crippen molar-refractivity contribution in [3.05, 3.63) is 52.2 Å². The molecule has 0 spiro atoms. The van der Waals surface area contributed by atoms with Gasteiger partial charge in [-0.05, 0) is 35.4 Å². The van der Waals surface area contributed by atoms with Gasteiger partial charge in [0.25, 0.3) is 0 Å². The number of carbonyl (C=O) groups excluding carboxylic acids is 1. The summed E-state index contributed by atoms with van der Waals surface area (Å²) in [6.45, 7) is 0. The maximum Gasteiger partial charge on any atom is 0.177 e. The smallest absolute Gasteiger partial charge is 0.177 e. The molecule has 2 rings (SSSR count). The summed E-state index contributed by atoms with van der Waals surface area (Å²) in [6, 6.07) is 12.0. The average Bonchev–Trinajstić information content (AvgIpc) is 2.83. The summed E-state index contributed by atoms with van der Waals surface area (Å²) in [5.74, 6) is 0.201.